The highest BCUT2D eigenvalue weighted by Crippen LogP contribution is 2.09. The minimum Gasteiger partial charge on any atom is -0.479 e. The van der Waals surface area contributed by atoms with Gasteiger partial charge in [-0.15, -0.1) is 11.8 Å². The van der Waals surface area contributed by atoms with Crippen molar-refractivity contribution in [2.45, 2.75) is 12.3 Å². The van der Waals surface area contributed by atoms with Crippen LogP contribution in [0.1, 0.15) is 17.3 Å². The van der Waals surface area contributed by atoms with E-state index in [1.165, 1.54) is 11.8 Å². The summed E-state index contributed by atoms with van der Waals surface area (Å²) in [5, 5.41) is 10.4. The number of carboxylic acid groups (broad SMARTS) is 1. The van der Waals surface area contributed by atoms with Crippen molar-refractivity contribution in [1.29, 1.82) is 0 Å². The summed E-state index contributed by atoms with van der Waals surface area (Å²) in [7, 11) is 0. The monoisotopic (exact) mass is 239 g/mol. The van der Waals surface area contributed by atoms with Gasteiger partial charge in [-0.1, -0.05) is 25.1 Å². The highest BCUT2D eigenvalue weighted by atomic mass is 32.2. The van der Waals surface area contributed by atoms with E-state index >= 15 is 0 Å². The maximum Gasteiger partial charge on any atom is 0.336 e. The molecule has 1 rings (SSSR count). The van der Waals surface area contributed by atoms with Gasteiger partial charge in [0.15, 0.2) is 5.37 Å². The van der Waals surface area contributed by atoms with Crippen LogP contribution in [0, 0.1) is 0 Å². The lowest BCUT2D eigenvalue weighted by atomic mass is 10.2. The Bertz CT molecular complexity index is 367. The second-order valence-electron chi connectivity index (χ2n) is 3.01. The SMILES string of the molecule is CCSC(NC(=O)c1ccccc1)C(=O)O. The number of nitrogens with one attached hydrogen (secondary N) is 1. The summed E-state index contributed by atoms with van der Waals surface area (Å²) >= 11 is 1.18. The Labute approximate surface area is 98.0 Å². The molecule has 1 unspecified atom stereocenters. The largest absolute Gasteiger partial charge is 0.479 e. The molecule has 0 spiro atoms. The fourth-order valence-electron chi connectivity index (χ4n) is 1.13. The van der Waals surface area contributed by atoms with Gasteiger partial charge in [-0.2, -0.15) is 0 Å². The number of carbonyl (C=O) groups is 2. The third-order valence-corrected chi connectivity index (χ3v) is 2.84. The van der Waals surface area contributed by atoms with Gasteiger partial charge in [0.1, 0.15) is 0 Å². The van der Waals surface area contributed by atoms with Gasteiger partial charge in [0, 0.05) is 5.56 Å². The van der Waals surface area contributed by atoms with E-state index in [-0.39, 0.29) is 5.91 Å². The summed E-state index contributed by atoms with van der Waals surface area (Å²) < 4.78 is 0. The van der Waals surface area contributed by atoms with Crippen molar-refractivity contribution in [1.82, 2.24) is 5.32 Å². The molecule has 1 aromatic rings. The molecular formula is C11H13NO3S. The van der Waals surface area contributed by atoms with Gasteiger partial charge >= 0.3 is 5.97 Å². The second-order valence-corrected chi connectivity index (χ2v) is 4.40. The summed E-state index contributed by atoms with van der Waals surface area (Å²) in [6.07, 6.45) is 0. The maximum atomic E-state index is 11.6. The van der Waals surface area contributed by atoms with E-state index < -0.39 is 11.3 Å². The highest BCUT2D eigenvalue weighted by molar-refractivity contribution is 8.00. The molecule has 0 aliphatic carbocycles. The van der Waals surface area contributed by atoms with E-state index in [2.05, 4.69) is 5.32 Å². The molecule has 1 amide bonds. The average molecular weight is 239 g/mol. The number of carboxylic acids is 1. The zero-order chi connectivity index (χ0) is 12.0. The second kappa shape index (κ2) is 6.17. The molecule has 16 heavy (non-hydrogen) atoms. The molecule has 1 aromatic carbocycles. The Hall–Kier alpha value is -1.49. The van der Waals surface area contributed by atoms with Crippen LogP contribution in [0.15, 0.2) is 30.3 Å². The predicted molar refractivity (Wildman–Crippen MR) is 63.5 cm³/mol. The average Bonchev–Trinajstić information content (AvgIpc) is 2.29. The van der Waals surface area contributed by atoms with Gasteiger partial charge in [-0.3, -0.25) is 4.79 Å². The number of hydrogen-bond donors (Lipinski definition) is 2. The van der Waals surface area contributed by atoms with E-state index in [0.717, 1.165) is 0 Å². The lowest BCUT2D eigenvalue weighted by Crippen LogP contribution is -2.38. The quantitative estimate of drug-likeness (QED) is 0.766. The Morgan fingerprint density at radius 1 is 1.38 bits per heavy atom. The van der Waals surface area contributed by atoms with Crippen molar-refractivity contribution >= 4 is 23.6 Å². The van der Waals surface area contributed by atoms with E-state index in [1.54, 1.807) is 30.3 Å². The van der Waals surface area contributed by atoms with Crippen molar-refractivity contribution in [3.05, 3.63) is 35.9 Å². The third kappa shape index (κ3) is 3.58. The van der Waals surface area contributed by atoms with Crippen molar-refractivity contribution < 1.29 is 14.7 Å². The van der Waals surface area contributed by atoms with Gasteiger partial charge in [0.2, 0.25) is 0 Å². The summed E-state index contributed by atoms with van der Waals surface area (Å²) in [5.41, 5.74) is 0.463. The van der Waals surface area contributed by atoms with Gasteiger partial charge in [-0.25, -0.2) is 4.79 Å². The third-order valence-electron chi connectivity index (χ3n) is 1.86. The van der Waals surface area contributed by atoms with Crippen molar-refractivity contribution in [3.8, 4) is 0 Å². The molecule has 1 atom stereocenters. The predicted octanol–water partition coefficient (Wildman–Crippen LogP) is 1.58. The van der Waals surface area contributed by atoms with Gasteiger partial charge in [-0.05, 0) is 17.9 Å². The Balaban J connectivity index is 2.65. The smallest absolute Gasteiger partial charge is 0.336 e. The molecule has 2 N–H and O–H groups in total. The number of hydrogen-bond acceptors (Lipinski definition) is 3. The van der Waals surface area contributed by atoms with Gasteiger partial charge in [0.25, 0.3) is 5.91 Å². The topological polar surface area (TPSA) is 66.4 Å². The number of aliphatic carboxylic acids is 1. The van der Waals surface area contributed by atoms with Crippen LogP contribution < -0.4 is 5.32 Å². The first-order chi connectivity index (χ1) is 7.65. The number of benzene rings is 1. The molecule has 0 bridgehead atoms. The van der Waals surface area contributed by atoms with Crippen LogP contribution in [0.2, 0.25) is 0 Å². The standard InChI is InChI=1S/C11H13NO3S/c1-2-16-10(11(14)15)12-9(13)8-6-4-3-5-7-8/h3-7,10H,2H2,1H3,(H,12,13)(H,14,15). The summed E-state index contributed by atoms with van der Waals surface area (Å²) in [5.74, 6) is -0.767. The van der Waals surface area contributed by atoms with Crippen molar-refractivity contribution in [3.63, 3.8) is 0 Å². The first kappa shape index (κ1) is 12.6. The first-order valence-electron chi connectivity index (χ1n) is 4.85. The minimum atomic E-state index is -1.03. The maximum absolute atomic E-state index is 11.6. The Morgan fingerprint density at radius 2 is 2.00 bits per heavy atom. The molecule has 0 saturated heterocycles. The zero-order valence-electron chi connectivity index (χ0n) is 8.84. The van der Waals surface area contributed by atoms with Crippen LogP contribution >= 0.6 is 11.8 Å². The van der Waals surface area contributed by atoms with Crippen LogP contribution in [0.3, 0.4) is 0 Å². The molecule has 0 saturated carbocycles. The minimum absolute atomic E-state index is 0.367. The molecule has 0 aromatic heterocycles. The van der Waals surface area contributed by atoms with E-state index in [4.69, 9.17) is 5.11 Å². The molecule has 0 aliphatic heterocycles. The summed E-state index contributed by atoms with van der Waals surface area (Å²) in [6, 6.07) is 8.55. The molecule has 5 heteroatoms. The first-order valence-corrected chi connectivity index (χ1v) is 5.90. The van der Waals surface area contributed by atoms with Crippen LogP contribution in [0.25, 0.3) is 0 Å². The molecular weight excluding hydrogens is 226 g/mol. The molecule has 0 fully saturated rings. The van der Waals surface area contributed by atoms with Crippen molar-refractivity contribution in [2.75, 3.05) is 5.75 Å². The van der Waals surface area contributed by atoms with Crippen LogP contribution in [-0.2, 0) is 4.79 Å². The molecule has 0 radical (unpaired) electrons. The Morgan fingerprint density at radius 3 is 2.50 bits per heavy atom. The molecule has 0 aliphatic rings. The van der Waals surface area contributed by atoms with E-state index in [1.807, 2.05) is 6.92 Å². The Kier molecular flexibility index (Phi) is 4.85. The van der Waals surface area contributed by atoms with Gasteiger partial charge in [0.05, 0.1) is 0 Å². The number of thioether (sulfide) groups is 1. The number of carbonyl (C=O) groups excluding carboxylic acids is 1. The lowest BCUT2D eigenvalue weighted by molar-refractivity contribution is -0.136. The molecule has 0 heterocycles. The van der Waals surface area contributed by atoms with E-state index in [0.29, 0.717) is 11.3 Å². The molecule has 86 valence electrons. The lowest BCUT2D eigenvalue weighted by Gasteiger charge is -2.12. The van der Waals surface area contributed by atoms with Crippen LogP contribution in [0.4, 0.5) is 0 Å². The van der Waals surface area contributed by atoms with Gasteiger partial charge < -0.3 is 10.4 Å². The summed E-state index contributed by atoms with van der Waals surface area (Å²) in [6.45, 7) is 1.84. The van der Waals surface area contributed by atoms with Crippen LogP contribution in [0.5, 0.6) is 0 Å². The van der Waals surface area contributed by atoms with Crippen molar-refractivity contribution in [2.24, 2.45) is 0 Å². The van der Waals surface area contributed by atoms with Crippen LogP contribution in [-0.4, -0.2) is 28.1 Å². The highest BCUT2D eigenvalue weighted by Gasteiger charge is 2.19. The normalized spacial score (nSPS) is 11.8. The summed E-state index contributed by atoms with van der Waals surface area (Å²) in [4.78, 5) is 22.5. The zero-order valence-corrected chi connectivity index (χ0v) is 9.66. The number of rotatable bonds is 5. The fraction of sp³-hybridized carbons (Fsp3) is 0.273. The van der Waals surface area contributed by atoms with E-state index in [9.17, 15) is 9.59 Å². The fourth-order valence-corrected chi connectivity index (χ4v) is 1.80. The number of amides is 1. The molecule has 4 nitrogen and oxygen atoms in total.